The molecule has 340 valence electrons. The third-order valence-electron chi connectivity index (χ3n) is 13.6. The standard InChI is InChI=1S/C16H30.C15H28.C14H26.C13H24/c1-15(2,3)13-11-9-7-8-10-12-14(13)16(4,5)6;1-14(2,3)12-10-8-7-9-11-13(12)15(4,5)6;1-13(2,3)11-9-7-8-10-12(11)14(4,5)6;1-12(2,3)10-8-7-9-11(10)13(4,5)6/h7-12H2,1-6H3;7-11H2,1-6H3;7-10H2,1-6H3;7-9H2,1-6H3/b14-13-;;;. The lowest BCUT2D eigenvalue weighted by atomic mass is 9.69. The Balaban J connectivity index is 0.000000388. The van der Waals surface area contributed by atoms with Gasteiger partial charge >= 0.3 is 0 Å². The van der Waals surface area contributed by atoms with Crippen LogP contribution in [-0.4, -0.2) is 0 Å². The Bertz CT molecular complexity index is 1280. The zero-order valence-corrected chi connectivity index (χ0v) is 44.7. The molecule has 0 atom stereocenters. The van der Waals surface area contributed by atoms with E-state index in [1.807, 2.05) is 0 Å². The Hall–Kier alpha value is -1.04. The molecule has 0 aromatic carbocycles. The molecular weight excluding hydrogens is 697 g/mol. The predicted molar refractivity (Wildman–Crippen MR) is 267 cm³/mol. The summed E-state index contributed by atoms with van der Waals surface area (Å²) in [4.78, 5) is 0. The summed E-state index contributed by atoms with van der Waals surface area (Å²) in [5.74, 6) is 0. The van der Waals surface area contributed by atoms with Crippen molar-refractivity contribution in [1.82, 2.24) is 0 Å². The van der Waals surface area contributed by atoms with Crippen LogP contribution in [0.1, 0.15) is 282 Å². The lowest BCUT2D eigenvalue weighted by Gasteiger charge is -2.36. The van der Waals surface area contributed by atoms with Gasteiger partial charge in [0.1, 0.15) is 0 Å². The van der Waals surface area contributed by atoms with Crippen molar-refractivity contribution in [2.24, 2.45) is 43.3 Å². The Labute approximate surface area is 368 Å². The normalized spacial score (nSPS) is 21.5. The molecule has 0 nitrogen and oxygen atoms in total. The first-order valence-electron chi connectivity index (χ1n) is 24.8. The van der Waals surface area contributed by atoms with Crippen molar-refractivity contribution < 1.29 is 0 Å². The SMILES string of the molecule is CC(C)(C)/C1=C(\C(C)(C)C)CCCCCC1.CC(C)(C)C1=C(C(C)(C)C)CCC1.CC(C)(C)C1=C(C(C)(C)C)CCCC1.CC(C)(C)C1=C(C(C)(C)C)CCCCC1. The van der Waals surface area contributed by atoms with Gasteiger partial charge < -0.3 is 0 Å². The maximum atomic E-state index is 2.38. The largest absolute Gasteiger partial charge is 0.0651 e. The van der Waals surface area contributed by atoms with Crippen LogP contribution in [0.25, 0.3) is 0 Å². The van der Waals surface area contributed by atoms with Crippen molar-refractivity contribution in [3.05, 3.63) is 44.6 Å². The minimum atomic E-state index is 0.361. The van der Waals surface area contributed by atoms with Crippen molar-refractivity contribution in [3.63, 3.8) is 0 Å². The van der Waals surface area contributed by atoms with Crippen LogP contribution in [0, 0.1) is 43.3 Å². The predicted octanol–water partition coefficient (Wildman–Crippen LogP) is 20.6. The van der Waals surface area contributed by atoms with Gasteiger partial charge in [-0.05, 0) is 140 Å². The molecule has 0 heteroatoms. The van der Waals surface area contributed by atoms with E-state index in [2.05, 4.69) is 166 Å². The maximum Gasteiger partial charge on any atom is -0.0170 e. The molecule has 0 aromatic rings. The summed E-state index contributed by atoms with van der Waals surface area (Å²) in [6.07, 6.45) is 24.7. The van der Waals surface area contributed by atoms with E-state index >= 15 is 0 Å². The first-order valence-corrected chi connectivity index (χ1v) is 24.8. The van der Waals surface area contributed by atoms with Gasteiger partial charge in [-0.1, -0.05) is 230 Å². The van der Waals surface area contributed by atoms with Crippen LogP contribution in [-0.2, 0) is 0 Å². The summed E-state index contributed by atoms with van der Waals surface area (Å²) in [6, 6.07) is 0. The van der Waals surface area contributed by atoms with Crippen LogP contribution >= 0.6 is 0 Å². The molecule has 0 heterocycles. The molecule has 0 fully saturated rings. The minimum Gasteiger partial charge on any atom is -0.0651 e. The second-order valence-corrected chi connectivity index (χ2v) is 27.4. The smallest absolute Gasteiger partial charge is 0.0170 e. The highest BCUT2D eigenvalue weighted by molar-refractivity contribution is 5.30. The van der Waals surface area contributed by atoms with Crippen molar-refractivity contribution in [3.8, 4) is 0 Å². The summed E-state index contributed by atoms with van der Waals surface area (Å²) < 4.78 is 0. The van der Waals surface area contributed by atoms with E-state index in [0.29, 0.717) is 43.3 Å². The van der Waals surface area contributed by atoms with E-state index < -0.39 is 0 Å². The Morgan fingerprint density at radius 3 is 0.397 bits per heavy atom. The van der Waals surface area contributed by atoms with Gasteiger partial charge in [0.2, 0.25) is 0 Å². The van der Waals surface area contributed by atoms with Gasteiger partial charge in [-0.25, -0.2) is 0 Å². The van der Waals surface area contributed by atoms with Gasteiger partial charge in [0, 0.05) is 0 Å². The Morgan fingerprint density at radius 1 is 0.155 bits per heavy atom. The lowest BCUT2D eigenvalue weighted by Crippen LogP contribution is -2.22. The quantitative estimate of drug-likeness (QED) is 0.214. The average molecular weight is 806 g/mol. The van der Waals surface area contributed by atoms with Crippen molar-refractivity contribution >= 4 is 0 Å². The van der Waals surface area contributed by atoms with Crippen LogP contribution in [0.15, 0.2) is 44.6 Å². The third kappa shape index (κ3) is 18.5. The molecule has 58 heavy (non-hydrogen) atoms. The maximum absolute atomic E-state index is 2.38. The first kappa shape index (κ1) is 55.0. The van der Waals surface area contributed by atoms with Crippen LogP contribution in [0.2, 0.25) is 0 Å². The third-order valence-corrected chi connectivity index (χ3v) is 13.6. The molecule has 0 saturated carbocycles. The topological polar surface area (TPSA) is 0 Å². The van der Waals surface area contributed by atoms with Gasteiger partial charge in [0.05, 0.1) is 0 Å². The summed E-state index contributed by atoms with van der Waals surface area (Å²) >= 11 is 0. The molecule has 0 N–H and O–H groups in total. The molecule has 0 spiro atoms. The number of rotatable bonds is 0. The van der Waals surface area contributed by atoms with Crippen molar-refractivity contribution in [2.75, 3.05) is 0 Å². The van der Waals surface area contributed by atoms with Crippen LogP contribution in [0.3, 0.4) is 0 Å². The highest BCUT2D eigenvalue weighted by atomic mass is 14.4. The average Bonchev–Trinajstić information content (AvgIpc) is 3.38. The number of allylic oxidation sites excluding steroid dienone is 8. The Morgan fingerprint density at radius 2 is 0.259 bits per heavy atom. The molecule has 4 aliphatic carbocycles. The van der Waals surface area contributed by atoms with E-state index in [1.165, 1.54) is 116 Å². The molecule has 0 bridgehead atoms. The summed E-state index contributed by atoms with van der Waals surface area (Å²) in [5.41, 5.74) is 16.9. The zero-order valence-electron chi connectivity index (χ0n) is 44.7. The fourth-order valence-electron chi connectivity index (χ4n) is 10.6. The molecule has 4 aliphatic rings. The molecule has 0 radical (unpaired) electrons. The Kier molecular flexibility index (Phi) is 20.2. The molecule has 0 saturated heterocycles. The fraction of sp³-hybridized carbons (Fsp3) is 0.862. The first-order chi connectivity index (χ1) is 25.9. The molecule has 0 aliphatic heterocycles. The van der Waals surface area contributed by atoms with Gasteiger partial charge in [-0.3, -0.25) is 0 Å². The molecule has 0 aromatic heterocycles. The van der Waals surface area contributed by atoms with E-state index in [-0.39, 0.29) is 0 Å². The molecule has 4 rings (SSSR count). The van der Waals surface area contributed by atoms with E-state index in [9.17, 15) is 0 Å². The van der Waals surface area contributed by atoms with Gasteiger partial charge in [-0.2, -0.15) is 0 Å². The van der Waals surface area contributed by atoms with Gasteiger partial charge in [0.25, 0.3) is 0 Å². The van der Waals surface area contributed by atoms with E-state index in [1.54, 1.807) is 44.6 Å². The fourth-order valence-corrected chi connectivity index (χ4v) is 10.6. The summed E-state index contributed by atoms with van der Waals surface area (Å²) in [7, 11) is 0. The zero-order chi connectivity index (χ0) is 45.3. The number of hydrogen-bond donors (Lipinski definition) is 0. The lowest BCUT2D eigenvalue weighted by molar-refractivity contribution is 0.389. The van der Waals surface area contributed by atoms with Crippen LogP contribution in [0.4, 0.5) is 0 Å². The number of hydrogen-bond acceptors (Lipinski definition) is 0. The second-order valence-electron chi connectivity index (χ2n) is 27.4. The molecule has 0 amide bonds. The highest BCUT2D eigenvalue weighted by Gasteiger charge is 2.32. The van der Waals surface area contributed by atoms with Crippen molar-refractivity contribution in [1.29, 1.82) is 0 Å². The van der Waals surface area contributed by atoms with E-state index in [0.717, 1.165) is 0 Å². The van der Waals surface area contributed by atoms with E-state index in [4.69, 9.17) is 0 Å². The monoisotopic (exact) mass is 805 g/mol. The van der Waals surface area contributed by atoms with Gasteiger partial charge in [-0.15, -0.1) is 0 Å². The second kappa shape index (κ2) is 21.4. The summed E-state index contributed by atoms with van der Waals surface area (Å²) in [5, 5.41) is 0. The van der Waals surface area contributed by atoms with Gasteiger partial charge in [0.15, 0.2) is 0 Å². The van der Waals surface area contributed by atoms with Crippen LogP contribution in [0.5, 0.6) is 0 Å². The highest BCUT2D eigenvalue weighted by Crippen LogP contribution is 2.47. The molecule has 0 unspecified atom stereocenters. The molecular formula is C58H108. The minimum absolute atomic E-state index is 0.361. The summed E-state index contributed by atoms with van der Waals surface area (Å²) in [6.45, 7) is 56.8. The van der Waals surface area contributed by atoms with Crippen molar-refractivity contribution in [2.45, 2.75) is 282 Å². The van der Waals surface area contributed by atoms with Crippen LogP contribution < -0.4 is 0 Å².